The first-order valence-electron chi connectivity index (χ1n) is 18.4. The topological polar surface area (TPSA) is 17.0 Å². The maximum atomic E-state index is 13.8. The highest BCUT2D eigenvalue weighted by molar-refractivity contribution is 6.88. The highest BCUT2D eigenvalue weighted by Gasteiger charge is 2.26. The molecular formula is C45H45FNOSi+. The van der Waals surface area contributed by atoms with E-state index in [1.54, 1.807) is 18.3 Å². The van der Waals surface area contributed by atoms with Gasteiger partial charge in [0.05, 0.1) is 13.6 Å². The van der Waals surface area contributed by atoms with Crippen LogP contribution >= 0.6 is 0 Å². The molecule has 0 fully saturated rings. The molecule has 0 atom stereocenters. The fraction of sp³-hybridized carbons (Fsp3) is 0.222. The molecule has 0 unspecified atom stereocenters. The van der Waals surface area contributed by atoms with E-state index in [9.17, 15) is 4.39 Å². The molecule has 0 amide bonds. The van der Waals surface area contributed by atoms with Crippen molar-refractivity contribution in [2.75, 3.05) is 0 Å². The zero-order valence-corrected chi connectivity index (χ0v) is 30.6. The SMILES string of the molecule is [2H]C([2H])([2H])c1c[n+](C)c(-c2c(C)ccc3c2oc2c(-c4ccc([Si](C)(C)C)cc4)cccc23)cc1-c1ccc(-c2ccc(F)cc2)cc1C(C)(C)C. The van der Waals surface area contributed by atoms with Gasteiger partial charge in [-0.25, -0.2) is 8.96 Å². The Morgan fingerprint density at radius 1 is 0.694 bits per heavy atom. The highest BCUT2D eigenvalue weighted by atomic mass is 28.3. The van der Waals surface area contributed by atoms with Crippen LogP contribution in [0.3, 0.4) is 0 Å². The molecule has 246 valence electrons. The molecule has 0 saturated carbocycles. The van der Waals surface area contributed by atoms with Gasteiger partial charge in [0, 0.05) is 32.1 Å². The van der Waals surface area contributed by atoms with Gasteiger partial charge >= 0.3 is 0 Å². The number of aryl methyl sites for hydroxylation is 3. The number of nitrogens with zero attached hydrogens (tertiary/aromatic N) is 1. The van der Waals surface area contributed by atoms with Crippen molar-refractivity contribution >= 4 is 35.2 Å². The van der Waals surface area contributed by atoms with Crippen LogP contribution in [0, 0.1) is 19.6 Å². The van der Waals surface area contributed by atoms with Crippen LogP contribution in [0.2, 0.25) is 19.6 Å². The summed E-state index contributed by atoms with van der Waals surface area (Å²) >= 11 is 0. The Morgan fingerprint density at radius 2 is 1.37 bits per heavy atom. The normalized spacial score (nSPS) is 13.4. The maximum Gasteiger partial charge on any atom is 0.216 e. The summed E-state index contributed by atoms with van der Waals surface area (Å²) < 4.78 is 48.5. The first-order chi connectivity index (χ1) is 24.4. The summed E-state index contributed by atoms with van der Waals surface area (Å²) in [6, 6.07) is 34.1. The molecule has 4 heteroatoms. The minimum absolute atomic E-state index is 0.275. The lowest BCUT2D eigenvalue weighted by Crippen LogP contribution is -2.37. The standard InChI is InChI=1S/C45H45FNOSi/c1-28-13-23-38-37-12-10-11-35(31-16-21-34(22-17-31)49(7,8)9)43(37)48-44(38)42(28)41-26-39(29(2)27-47(41)6)36-24-18-32(25-40(36)45(3,4)5)30-14-19-33(46)20-15-30/h10-27H,1-9H3/q+1/i2D3. The lowest BCUT2D eigenvalue weighted by Gasteiger charge is -2.25. The van der Waals surface area contributed by atoms with Crippen LogP contribution in [0.4, 0.5) is 4.39 Å². The van der Waals surface area contributed by atoms with E-state index in [4.69, 9.17) is 8.53 Å². The molecule has 0 spiro atoms. The van der Waals surface area contributed by atoms with Gasteiger partial charge in [-0.15, -0.1) is 0 Å². The van der Waals surface area contributed by atoms with Gasteiger partial charge in [0.1, 0.15) is 24.0 Å². The number of hydrogen-bond donors (Lipinski definition) is 0. The van der Waals surface area contributed by atoms with Crippen LogP contribution in [0.5, 0.6) is 0 Å². The molecule has 0 bridgehead atoms. The van der Waals surface area contributed by atoms with Crippen LogP contribution < -0.4 is 9.75 Å². The van der Waals surface area contributed by atoms with Gasteiger partial charge in [0.15, 0.2) is 6.20 Å². The second kappa shape index (κ2) is 12.0. The quantitative estimate of drug-likeness (QED) is 0.132. The Bertz CT molecular complexity index is 2480. The van der Waals surface area contributed by atoms with Gasteiger partial charge in [-0.3, -0.25) is 0 Å². The third-order valence-electron chi connectivity index (χ3n) is 9.76. The summed E-state index contributed by atoms with van der Waals surface area (Å²) in [6.45, 7) is 13.2. The molecule has 0 aliphatic carbocycles. The van der Waals surface area contributed by atoms with Crippen LogP contribution in [0.1, 0.15) is 41.6 Å². The predicted octanol–water partition coefficient (Wildman–Crippen LogP) is 11.7. The molecule has 0 N–H and O–H groups in total. The Morgan fingerprint density at radius 3 is 2.04 bits per heavy atom. The number of pyridine rings is 1. The summed E-state index contributed by atoms with van der Waals surface area (Å²) in [5.74, 6) is -0.287. The number of rotatable bonds is 5. The third-order valence-corrected chi connectivity index (χ3v) is 11.8. The number of fused-ring (bicyclic) bond motifs is 3. The second-order valence-electron chi connectivity index (χ2n) is 15.4. The van der Waals surface area contributed by atoms with Crippen molar-refractivity contribution in [2.45, 2.75) is 59.6 Å². The van der Waals surface area contributed by atoms with Gasteiger partial charge in [0.25, 0.3) is 0 Å². The van der Waals surface area contributed by atoms with Gasteiger partial charge in [-0.05, 0) is 70.3 Å². The molecule has 2 nitrogen and oxygen atoms in total. The minimum atomic E-state index is -2.36. The Hall–Kier alpha value is -4.80. The molecule has 0 saturated heterocycles. The average molecular weight is 666 g/mol. The van der Waals surface area contributed by atoms with Crippen LogP contribution in [0.25, 0.3) is 66.6 Å². The molecule has 7 aromatic rings. The molecule has 7 rings (SSSR count). The number of halogens is 1. The van der Waals surface area contributed by atoms with Crippen molar-refractivity contribution in [3.63, 3.8) is 0 Å². The molecular weight excluding hydrogens is 618 g/mol. The van der Waals surface area contributed by atoms with Crippen molar-refractivity contribution in [1.29, 1.82) is 0 Å². The van der Waals surface area contributed by atoms with Crippen LogP contribution in [-0.2, 0) is 12.5 Å². The molecule has 49 heavy (non-hydrogen) atoms. The lowest BCUT2D eigenvalue weighted by atomic mass is 9.79. The monoisotopic (exact) mass is 665 g/mol. The zero-order valence-electron chi connectivity index (χ0n) is 32.6. The van der Waals surface area contributed by atoms with Gasteiger partial charge in [0.2, 0.25) is 5.69 Å². The van der Waals surface area contributed by atoms with Gasteiger partial charge in [-0.1, -0.05) is 131 Å². The van der Waals surface area contributed by atoms with E-state index in [0.29, 0.717) is 5.56 Å². The van der Waals surface area contributed by atoms with E-state index >= 15 is 0 Å². The van der Waals surface area contributed by atoms with E-state index in [-0.39, 0.29) is 16.8 Å². The van der Waals surface area contributed by atoms with E-state index in [1.807, 2.05) is 29.8 Å². The van der Waals surface area contributed by atoms with E-state index in [0.717, 1.165) is 72.1 Å². The highest BCUT2D eigenvalue weighted by Crippen LogP contribution is 2.43. The first-order valence-corrected chi connectivity index (χ1v) is 20.4. The van der Waals surface area contributed by atoms with E-state index in [2.05, 4.69) is 108 Å². The molecule has 0 aliphatic rings. The number of aromatic nitrogens is 1. The summed E-state index contributed by atoms with van der Waals surface area (Å²) in [4.78, 5) is 0. The fourth-order valence-electron chi connectivity index (χ4n) is 7.00. The van der Waals surface area contributed by atoms with Gasteiger partial charge < -0.3 is 4.42 Å². The largest absolute Gasteiger partial charge is 0.454 e. The fourth-order valence-corrected chi connectivity index (χ4v) is 8.16. The van der Waals surface area contributed by atoms with Crippen molar-refractivity contribution < 1.29 is 17.5 Å². The summed E-state index contributed by atoms with van der Waals surface area (Å²) in [7, 11) is 0.458. The first kappa shape index (κ1) is 29.1. The minimum Gasteiger partial charge on any atom is -0.454 e. The van der Waals surface area contributed by atoms with Crippen molar-refractivity contribution in [2.24, 2.45) is 7.05 Å². The summed E-state index contributed by atoms with van der Waals surface area (Å²) in [5.41, 5.74) is 10.9. The van der Waals surface area contributed by atoms with Crippen LogP contribution in [-0.4, -0.2) is 8.07 Å². The third kappa shape index (κ3) is 5.93. The van der Waals surface area contributed by atoms with Crippen LogP contribution in [0.15, 0.2) is 114 Å². The Labute approximate surface area is 295 Å². The summed E-state index contributed by atoms with van der Waals surface area (Å²) in [6.07, 6.45) is 1.75. The zero-order chi connectivity index (χ0) is 37.3. The van der Waals surface area contributed by atoms with E-state index in [1.165, 1.54) is 17.3 Å². The smallest absolute Gasteiger partial charge is 0.216 e. The lowest BCUT2D eigenvalue weighted by molar-refractivity contribution is -0.660. The molecule has 0 radical (unpaired) electrons. The molecule has 2 aromatic heterocycles. The molecule has 0 aliphatic heterocycles. The molecule has 5 aromatic carbocycles. The van der Waals surface area contributed by atoms with Crippen molar-refractivity contribution in [1.82, 2.24) is 0 Å². The second-order valence-corrected chi connectivity index (χ2v) is 20.4. The van der Waals surface area contributed by atoms with Crippen molar-refractivity contribution in [3.8, 4) is 44.6 Å². The number of hydrogen-bond acceptors (Lipinski definition) is 1. The summed E-state index contributed by atoms with van der Waals surface area (Å²) in [5, 5.41) is 3.46. The molecule has 2 heterocycles. The van der Waals surface area contributed by atoms with E-state index < -0.39 is 14.9 Å². The number of furan rings is 1. The Balaban J connectivity index is 1.46. The predicted molar refractivity (Wildman–Crippen MR) is 208 cm³/mol. The Kier molecular flexibility index (Phi) is 7.11. The van der Waals surface area contributed by atoms with Gasteiger partial charge in [-0.2, -0.15) is 0 Å². The number of para-hydroxylation sites is 1. The average Bonchev–Trinajstić information content (AvgIpc) is 3.46. The maximum absolute atomic E-state index is 13.8. The number of benzene rings is 5. The van der Waals surface area contributed by atoms with Crippen molar-refractivity contribution in [3.05, 3.63) is 132 Å².